The number of unbranched alkanes of at least 4 members (excludes halogenated alkanes) is 1. The van der Waals surface area contributed by atoms with E-state index >= 15 is 0 Å². The van der Waals surface area contributed by atoms with Gasteiger partial charge in [0.15, 0.2) is 0 Å². The summed E-state index contributed by atoms with van der Waals surface area (Å²) in [4.78, 5) is 32.0. The molecule has 0 aliphatic rings. The fourth-order valence-corrected chi connectivity index (χ4v) is 1.48. The minimum absolute atomic E-state index is 0.0325. The predicted molar refractivity (Wildman–Crippen MR) is 124 cm³/mol. The van der Waals surface area contributed by atoms with E-state index in [0.29, 0.717) is 17.8 Å². The Morgan fingerprint density at radius 1 is 0.839 bits per heavy atom. The molecule has 1 rings (SSSR count). The molecular weight excluding hydrogens is 396 g/mol. The maximum atomic E-state index is 10.8. The Morgan fingerprint density at radius 2 is 1.32 bits per heavy atom. The van der Waals surface area contributed by atoms with Gasteiger partial charge in [-0.2, -0.15) is 0 Å². The van der Waals surface area contributed by atoms with Crippen molar-refractivity contribution in [1.29, 1.82) is 0 Å². The van der Waals surface area contributed by atoms with Gasteiger partial charge in [-0.25, -0.2) is 14.4 Å². The molecule has 0 radical (unpaired) electrons. The van der Waals surface area contributed by atoms with E-state index in [0.717, 1.165) is 12.8 Å². The van der Waals surface area contributed by atoms with Crippen LogP contribution in [0, 0.1) is 0 Å². The molecule has 6 heteroatoms. The summed E-state index contributed by atoms with van der Waals surface area (Å²) in [6.45, 7) is 19.4. The highest BCUT2D eigenvalue weighted by Gasteiger charge is 2.05. The third-order valence-corrected chi connectivity index (χ3v) is 3.19. The summed E-state index contributed by atoms with van der Waals surface area (Å²) in [5.41, 5.74) is 1.81. The molecule has 0 unspecified atom stereocenters. The van der Waals surface area contributed by atoms with Gasteiger partial charge in [0.1, 0.15) is 13.2 Å². The molecule has 1 aromatic rings. The Labute approximate surface area is 185 Å². The van der Waals surface area contributed by atoms with Gasteiger partial charge >= 0.3 is 17.9 Å². The van der Waals surface area contributed by atoms with Gasteiger partial charge in [-0.3, -0.25) is 0 Å². The van der Waals surface area contributed by atoms with E-state index in [4.69, 9.17) is 0 Å². The first-order valence-electron chi connectivity index (χ1n) is 9.81. The summed E-state index contributed by atoms with van der Waals surface area (Å²) < 4.78 is 14.1. The quantitative estimate of drug-likeness (QED) is 0.223. The molecule has 0 bridgehead atoms. The van der Waals surface area contributed by atoms with E-state index in [1.165, 1.54) is 11.6 Å². The van der Waals surface area contributed by atoms with Crippen molar-refractivity contribution >= 4 is 24.0 Å². The average molecular weight is 431 g/mol. The van der Waals surface area contributed by atoms with Crippen molar-refractivity contribution in [3.8, 4) is 0 Å². The summed E-state index contributed by atoms with van der Waals surface area (Å²) in [5, 5.41) is 0. The summed E-state index contributed by atoms with van der Waals surface area (Å²) in [6, 6.07) is 10.0. The Bertz CT molecular complexity index is 691. The second-order valence-electron chi connectivity index (χ2n) is 6.17. The number of carbonyl (C=O) groups is 3. The summed E-state index contributed by atoms with van der Waals surface area (Å²) in [5.74, 6) is -1.31. The lowest BCUT2D eigenvalue weighted by Gasteiger charge is -2.05. The van der Waals surface area contributed by atoms with Gasteiger partial charge in [-0.1, -0.05) is 76.1 Å². The minimum Gasteiger partial charge on any atom is -0.463 e. The maximum Gasteiger partial charge on any atom is 0.333 e. The van der Waals surface area contributed by atoms with Gasteiger partial charge in [0, 0.05) is 17.2 Å². The molecule has 0 amide bonds. The number of carbonyl (C=O) groups excluding carboxylic acids is 3. The van der Waals surface area contributed by atoms with Crippen LogP contribution in [0.15, 0.2) is 73.9 Å². The molecule has 6 nitrogen and oxygen atoms in total. The van der Waals surface area contributed by atoms with Crippen LogP contribution < -0.4 is 0 Å². The van der Waals surface area contributed by atoms with Crippen LogP contribution in [-0.4, -0.2) is 37.7 Å². The first kappa shape index (κ1) is 29.8. The van der Waals surface area contributed by atoms with Crippen molar-refractivity contribution in [3.63, 3.8) is 0 Å². The number of ether oxygens (including phenoxy) is 3. The number of benzene rings is 1. The molecule has 0 atom stereocenters. The predicted octanol–water partition coefficient (Wildman–Crippen LogP) is 5.07. The SMILES string of the molecule is C=C(C)C(=O)OCCOC(=O)C(=C)C.C=CC(=O)OCCCC.C=Cc1ccccc1. The van der Waals surface area contributed by atoms with E-state index in [9.17, 15) is 14.4 Å². The van der Waals surface area contributed by atoms with Crippen LogP contribution in [0.5, 0.6) is 0 Å². The smallest absolute Gasteiger partial charge is 0.333 e. The molecule has 1 aromatic carbocycles. The Hall–Kier alpha value is -3.41. The van der Waals surface area contributed by atoms with Gasteiger partial charge in [0.25, 0.3) is 0 Å². The van der Waals surface area contributed by atoms with Gasteiger partial charge in [0.2, 0.25) is 0 Å². The van der Waals surface area contributed by atoms with Crippen LogP contribution in [0.25, 0.3) is 6.08 Å². The molecule has 0 saturated carbocycles. The van der Waals surface area contributed by atoms with Crippen LogP contribution in [0.4, 0.5) is 0 Å². The lowest BCUT2D eigenvalue weighted by Crippen LogP contribution is -2.14. The van der Waals surface area contributed by atoms with Gasteiger partial charge in [-0.05, 0) is 25.8 Å². The molecule has 0 saturated heterocycles. The third-order valence-electron chi connectivity index (χ3n) is 3.19. The topological polar surface area (TPSA) is 78.9 Å². The van der Waals surface area contributed by atoms with Crippen LogP contribution >= 0.6 is 0 Å². The minimum atomic E-state index is -0.489. The van der Waals surface area contributed by atoms with Crippen molar-refractivity contribution in [3.05, 3.63) is 79.4 Å². The largest absolute Gasteiger partial charge is 0.463 e. The Kier molecular flexibility index (Phi) is 19.1. The molecule has 0 aromatic heterocycles. The molecule has 0 heterocycles. The lowest BCUT2D eigenvalue weighted by molar-refractivity contribution is -0.147. The molecule has 0 N–H and O–H groups in total. The maximum absolute atomic E-state index is 10.8. The van der Waals surface area contributed by atoms with E-state index in [2.05, 4.69) is 40.5 Å². The highest BCUT2D eigenvalue weighted by molar-refractivity contribution is 5.87. The second kappa shape index (κ2) is 19.9. The van der Waals surface area contributed by atoms with Crippen molar-refractivity contribution in [2.24, 2.45) is 0 Å². The van der Waals surface area contributed by atoms with E-state index < -0.39 is 11.9 Å². The highest BCUT2D eigenvalue weighted by atomic mass is 16.6. The van der Waals surface area contributed by atoms with E-state index in [-0.39, 0.29) is 19.2 Å². The summed E-state index contributed by atoms with van der Waals surface area (Å²) in [7, 11) is 0. The fraction of sp³-hybridized carbons (Fsp3) is 0.320. The summed E-state index contributed by atoms with van der Waals surface area (Å²) in [6.07, 6.45) is 4.99. The Balaban J connectivity index is 0. The molecule has 0 spiro atoms. The van der Waals surface area contributed by atoms with Crippen LogP contribution in [-0.2, 0) is 28.6 Å². The molecule has 170 valence electrons. The summed E-state index contributed by atoms with van der Waals surface area (Å²) >= 11 is 0. The van der Waals surface area contributed by atoms with Crippen molar-refractivity contribution in [2.75, 3.05) is 19.8 Å². The monoisotopic (exact) mass is 430 g/mol. The third kappa shape index (κ3) is 19.7. The molecule has 0 fully saturated rings. The molecule has 0 aliphatic heterocycles. The number of rotatable bonds is 10. The molecule has 0 aliphatic carbocycles. The Morgan fingerprint density at radius 3 is 1.65 bits per heavy atom. The zero-order valence-electron chi connectivity index (χ0n) is 18.9. The van der Waals surface area contributed by atoms with Crippen molar-refractivity contribution < 1.29 is 28.6 Å². The van der Waals surface area contributed by atoms with E-state index in [1.807, 2.05) is 43.3 Å². The zero-order valence-corrected chi connectivity index (χ0v) is 18.9. The number of hydrogen-bond acceptors (Lipinski definition) is 6. The van der Waals surface area contributed by atoms with Crippen molar-refractivity contribution in [2.45, 2.75) is 33.6 Å². The number of esters is 3. The van der Waals surface area contributed by atoms with Crippen molar-refractivity contribution in [1.82, 2.24) is 0 Å². The first-order chi connectivity index (χ1) is 14.7. The van der Waals surface area contributed by atoms with E-state index in [1.54, 1.807) is 13.8 Å². The lowest BCUT2D eigenvalue weighted by atomic mass is 10.2. The zero-order chi connectivity index (χ0) is 24.1. The first-order valence-corrected chi connectivity index (χ1v) is 9.81. The molecule has 31 heavy (non-hydrogen) atoms. The fourth-order valence-electron chi connectivity index (χ4n) is 1.48. The second-order valence-corrected chi connectivity index (χ2v) is 6.17. The molecular formula is C25H34O6. The standard InChI is InChI=1S/C10H14O4.C8H8.C7H12O2/c1-7(2)9(11)13-5-6-14-10(12)8(3)4;1-2-8-6-4-3-5-7-8;1-3-5-6-9-7(8)4-2/h1,3,5-6H2,2,4H3;2-7H,1H2;4H,2-3,5-6H2,1H3. The van der Waals surface area contributed by atoms with Gasteiger partial charge < -0.3 is 14.2 Å². The van der Waals surface area contributed by atoms with Gasteiger partial charge in [-0.15, -0.1) is 0 Å². The van der Waals surface area contributed by atoms with Crippen LogP contribution in [0.3, 0.4) is 0 Å². The van der Waals surface area contributed by atoms with Crippen LogP contribution in [0.1, 0.15) is 39.2 Å². The average Bonchev–Trinajstić information content (AvgIpc) is 2.77. The highest BCUT2D eigenvalue weighted by Crippen LogP contribution is 1.97. The number of hydrogen-bond donors (Lipinski definition) is 0. The van der Waals surface area contributed by atoms with Crippen LogP contribution in [0.2, 0.25) is 0 Å². The normalized spacial score (nSPS) is 8.74. The van der Waals surface area contributed by atoms with Gasteiger partial charge in [0.05, 0.1) is 6.61 Å².